The predicted molar refractivity (Wildman–Crippen MR) is 57.0 cm³/mol. The van der Waals surface area contributed by atoms with Gasteiger partial charge in [-0.3, -0.25) is 0 Å². The number of nitrogens with zero attached hydrogens (tertiary/aromatic N) is 1. The Morgan fingerprint density at radius 1 is 1.62 bits per heavy atom. The van der Waals surface area contributed by atoms with Crippen molar-refractivity contribution in [2.24, 2.45) is 0 Å². The molecule has 1 aromatic heterocycles. The second-order valence-corrected chi connectivity index (χ2v) is 4.06. The van der Waals surface area contributed by atoms with Crippen LogP contribution < -0.4 is 5.73 Å². The van der Waals surface area contributed by atoms with Gasteiger partial charge < -0.3 is 5.73 Å². The summed E-state index contributed by atoms with van der Waals surface area (Å²) < 4.78 is 0. The zero-order chi connectivity index (χ0) is 9.84. The smallest absolute Gasteiger partial charge is 0.126 e. The van der Waals surface area contributed by atoms with Crippen LogP contribution >= 0.6 is 11.6 Å². The molecule has 1 rings (SSSR count). The van der Waals surface area contributed by atoms with Gasteiger partial charge in [0, 0.05) is 11.6 Å². The Labute approximate surface area is 84.1 Å². The van der Waals surface area contributed by atoms with Gasteiger partial charge in [-0.05, 0) is 43.9 Å². The molecule has 0 aliphatic rings. The summed E-state index contributed by atoms with van der Waals surface area (Å²) >= 11 is 5.87. The predicted octanol–water partition coefficient (Wildman–Crippen LogP) is 2.53. The molecule has 0 amide bonds. The minimum Gasteiger partial charge on any atom is -0.383 e. The molecule has 0 aliphatic heterocycles. The van der Waals surface area contributed by atoms with E-state index in [-0.39, 0.29) is 5.38 Å². The van der Waals surface area contributed by atoms with Crippen LogP contribution in [-0.4, -0.2) is 10.4 Å². The molecule has 1 atom stereocenters. The van der Waals surface area contributed by atoms with E-state index in [4.69, 9.17) is 17.3 Å². The maximum Gasteiger partial charge on any atom is 0.126 e. The van der Waals surface area contributed by atoms with E-state index in [1.54, 1.807) is 6.20 Å². The number of pyridine rings is 1. The lowest BCUT2D eigenvalue weighted by atomic mass is 10.0. The third kappa shape index (κ3) is 2.88. The first kappa shape index (κ1) is 10.3. The highest BCUT2D eigenvalue weighted by atomic mass is 35.5. The van der Waals surface area contributed by atoms with Gasteiger partial charge in [0.2, 0.25) is 0 Å². The second kappa shape index (κ2) is 4.47. The normalized spacial score (nSPS) is 12.8. The number of aromatic nitrogens is 1. The second-order valence-electron chi connectivity index (χ2n) is 3.31. The number of alkyl halides is 1. The topological polar surface area (TPSA) is 38.9 Å². The molecule has 0 aliphatic carbocycles. The van der Waals surface area contributed by atoms with Crippen molar-refractivity contribution in [1.29, 1.82) is 0 Å². The van der Waals surface area contributed by atoms with Gasteiger partial charge in [-0.15, -0.1) is 11.6 Å². The van der Waals surface area contributed by atoms with Crippen LogP contribution in [0.4, 0.5) is 5.82 Å². The largest absolute Gasteiger partial charge is 0.383 e. The fourth-order valence-electron chi connectivity index (χ4n) is 1.28. The molecule has 1 aromatic rings. The summed E-state index contributed by atoms with van der Waals surface area (Å²) in [4.78, 5) is 4.05. The molecule has 72 valence electrons. The van der Waals surface area contributed by atoms with E-state index in [0.717, 1.165) is 18.4 Å². The summed E-state index contributed by atoms with van der Waals surface area (Å²) in [5.74, 6) is 0.636. The Bertz CT molecular complexity index is 264. The molecular formula is C10H15ClN2. The number of rotatable bonds is 3. The highest BCUT2D eigenvalue weighted by Crippen LogP contribution is 2.17. The molecule has 0 radical (unpaired) electrons. The first-order chi connectivity index (χ1) is 6.11. The van der Waals surface area contributed by atoms with E-state index in [1.807, 2.05) is 19.9 Å². The summed E-state index contributed by atoms with van der Waals surface area (Å²) in [7, 11) is 0. The van der Waals surface area contributed by atoms with Crippen molar-refractivity contribution < 1.29 is 0 Å². The Morgan fingerprint density at radius 3 is 2.85 bits per heavy atom. The van der Waals surface area contributed by atoms with Crippen LogP contribution in [0.25, 0.3) is 0 Å². The van der Waals surface area contributed by atoms with Gasteiger partial charge in [-0.25, -0.2) is 4.98 Å². The van der Waals surface area contributed by atoms with Crippen LogP contribution in [0.15, 0.2) is 12.3 Å². The lowest BCUT2D eigenvalue weighted by Gasteiger charge is -2.08. The number of nitrogen functional groups attached to an aromatic ring is 1. The van der Waals surface area contributed by atoms with E-state index in [0.29, 0.717) is 5.82 Å². The number of aryl methyl sites for hydroxylation is 1. The van der Waals surface area contributed by atoms with Crippen LogP contribution in [0.5, 0.6) is 0 Å². The van der Waals surface area contributed by atoms with E-state index < -0.39 is 0 Å². The summed E-state index contributed by atoms with van der Waals surface area (Å²) in [6.45, 7) is 4.04. The third-order valence-electron chi connectivity index (χ3n) is 2.12. The van der Waals surface area contributed by atoms with Gasteiger partial charge in [0.15, 0.2) is 0 Å². The van der Waals surface area contributed by atoms with E-state index in [9.17, 15) is 0 Å². The molecular weight excluding hydrogens is 184 g/mol. The zero-order valence-electron chi connectivity index (χ0n) is 8.05. The van der Waals surface area contributed by atoms with Crippen molar-refractivity contribution in [2.75, 3.05) is 5.73 Å². The van der Waals surface area contributed by atoms with Crippen molar-refractivity contribution in [3.8, 4) is 0 Å². The quantitative estimate of drug-likeness (QED) is 0.759. The molecule has 0 spiro atoms. The van der Waals surface area contributed by atoms with Gasteiger partial charge in [0.1, 0.15) is 5.82 Å². The number of nitrogens with two attached hydrogens (primary N) is 1. The van der Waals surface area contributed by atoms with Gasteiger partial charge in [0.05, 0.1) is 0 Å². The van der Waals surface area contributed by atoms with Crippen LogP contribution in [0.3, 0.4) is 0 Å². The fourth-order valence-corrected chi connectivity index (χ4v) is 1.39. The maximum atomic E-state index is 5.87. The lowest BCUT2D eigenvalue weighted by molar-refractivity contribution is 0.798. The minimum atomic E-state index is 0.194. The Hall–Kier alpha value is -0.760. The van der Waals surface area contributed by atoms with Gasteiger partial charge in [-0.2, -0.15) is 0 Å². The molecule has 2 N–H and O–H groups in total. The molecule has 0 saturated heterocycles. The molecule has 13 heavy (non-hydrogen) atoms. The van der Waals surface area contributed by atoms with Crippen molar-refractivity contribution >= 4 is 17.4 Å². The van der Waals surface area contributed by atoms with Crippen LogP contribution in [-0.2, 0) is 6.42 Å². The van der Waals surface area contributed by atoms with Crippen LogP contribution in [0.2, 0.25) is 0 Å². The molecule has 0 saturated carbocycles. The number of anilines is 1. The Balaban J connectivity index is 2.75. The first-order valence-corrected chi connectivity index (χ1v) is 4.89. The van der Waals surface area contributed by atoms with Crippen LogP contribution in [0, 0.1) is 6.92 Å². The summed E-state index contributed by atoms with van der Waals surface area (Å²) in [6.07, 6.45) is 3.59. The summed E-state index contributed by atoms with van der Waals surface area (Å²) in [5.41, 5.74) is 8.09. The molecule has 1 unspecified atom stereocenters. The monoisotopic (exact) mass is 198 g/mol. The average Bonchev–Trinajstić information content (AvgIpc) is 2.03. The van der Waals surface area contributed by atoms with E-state index in [2.05, 4.69) is 4.98 Å². The maximum absolute atomic E-state index is 5.87. The van der Waals surface area contributed by atoms with E-state index in [1.165, 1.54) is 5.56 Å². The molecule has 2 nitrogen and oxygen atoms in total. The standard InChI is InChI=1S/C10H15ClN2/c1-7-5-6-13-10(12)9(7)4-3-8(2)11/h5-6,8H,3-4H2,1-2H3,(H2,12,13). The minimum absolute atomic E-state index is 0.194. The van der Waals surface area contributed by atoms with E-state index >= 15 is 0 Å². The fraction of sp³-hybridized carbons (Fsp3) is 0.500. The molecule has 0 aromatic carbocycles. The number of halogens is 1. The first-order valence-electron chi connectivity index (χ1n) is 4.45. The molecule has 3 heteroatoms. The molecule has 1 heterocycles. The third-order valence-corrected chi connectivity index (χ3v) is 2.33. The van der Waals surface area contributed by atoms with Crippen LogP contribution in [0.1, 0.15) is 24.5 Å². The van der Waals surface area contributed by atoms with Crippen molar-refractivity contribution in [1.82, 2.24) is 4.98 Å². The lowest BCUT2D eigenvalue weighted by Crippen LogP contribution is -2.02. The Kier molecular flexibility index (Phi) is 3.55. The number of hydrogen-bond acceptors (Lipinski definition) is 2. The van der Waals surface area contributed by atoms with Crippen molar-refractivity contribution in [3.63, 3.8) is 0 Å². The SMILES string of the molecule is Cc1ccnc(N)c1CCC(C)Cl. The number of hydrogen-bond donors (Lipinski definition) is 1. The zero-order valence-corrected chi connectivity index (χ0v) is 8.80. The molecule has 0 bridgehead atoms. The van der Waals surface area contributed by atoms with Gasteiger partial charge in [-0.1, -0.05) is 0 Å². The van der Waals surface area contributed by atoms with Crippen molar-refractivity contribution in [2.45, 2.75) is 32.1 Å². The van der Waals surface area contributed by atoms with Crippen molar-refractivity contribution in [3.05, 3.63) is 23.4 Å². The van der Waals surface area contributed by atoms with Gasteiger partial charge >= 0.3 is 0 Å². The van der Waals surface area contributed by atoms with Gasteiger partial charge in [0.25, 0.3) is 0 Å². The highest BCUT2D eigenvalue weighted by molar-refractivity contribution is 6.20. The highest BCUT2D eigenvalue weighted by Gasteiger charge is 2.05. The molecule has 0 fully saturated rings. The average molecular weight is 199 g/mol. The summed E-state index contributed by atoms with van der Waals surface area (Å²) in [6, 6.07) is 1.98. The Morgan fingerprint density at radius 2 is 2.31 bits per heavy atom. The summed E-state index contributed by atoms with van der Waals surface area (Å²) in [5, 5.41) is 0.194.